The van der Waals surface area contributed by atoms with Crippen molar-refractivity contribution in [3.8, 4) is 5.69 Å². The Bertz CT molecular complexity index is 886. The van der Waals surface area contributed by atoms with E-state index in [4.69, 9.17) is 0 Å². The number of aromatic nitrogens is 3. The minimum absolute atomic E-state index is 0.159. The molecule has 2 heterocycles. The lowest BCUT2D eigenvalue weighted by Crippen LogP contribution is -2.15. The maximum Gasteiger partial charge on any atom is 0.260 e. The minimum Gasteiger partial charge on any atom is -0.306 e. The van der Waals surface area contributed by atoms with Crippen LogP contribution in [-0.2, 0) is 0 Å². The molecular weight excluding hydrogens is 332 g/mol. The summed E-state index contributed by atoms with van der Waals surface area (Å²) in [7, 11) is 0. The van der Waals surface area contributed by atoms with Crippen LogP contribution in [0.15, 0.2) is 59.8 Å². The molecule has 3 aromatic rings. The van der Waals surface area contributed by atoms with Gasteiger partial charge in [-0.05, 0) is 43.4 Å². The van der Waals surface area contributed by atoms with Crippen molar-refractivity contribution < 1.29 is 4.79 Å². The number of amides is 1. The number of nitrogens with zero attached hydrogens (tertiary/aromatic N) is 3. The minimum atomic E-state index is -0.159. The Hall–Kier alpha value is -2.60. The Labute approximate surface area is 150 Å². The van der Waals surface area contributed by atoms with Crippen LogP contribution in [-0.4, -0.2) is 26.9 Å². The van der Waals surface area contributed by atoms with Gasteiger partial charge in [-0.1, -0.05) is 18.2 Å². The van der Waals surface area contributed by atoms with Crippen molar-refractivity contribution in [2.24, 2.45) is 0 Å². The predicted octanol–water partition coefficient (Wildman–Crippen LogP) is 4.12. The number of hydrogen-bond acceptors (Lipinski definition) is 4. The quantitative estimate of drug-likeness (QED) is 0.703. The summed E-state index contributed by atoms with van der Waals surface area (Å²) in [6, 6.07) is 13.7. The fourth-order valence-corrected chi connectivity index (χ4v) is 3.18. The molecule has 4 rings (SSSR count). The molecule has 0 atom stereocenters. The van der Waals surface area contributed by atoms with E-state index in [1.165, 1.54) is 0 Å². The number of rotatable bonds is 5. The molecule has 0 spiro atoms. The molecule has 5 nitrogen and oxygen atoms in total. The first-order chi connectivity index (χ1) is 12.3. The van der Waals surface area contributed by atoms with Gasteiger partial charge in [0.1, 0.15) is 5.82 Å². The number of hydrogen-bond donors (Lipinski definition) is 1. The van der Waals surface area contributed by atoms with E-state index in [2.05, 4.69) is 15.4 Å². The van der Waals surface area contributed by atoms with Gasteiger partial charge in [-0.25, -0.2) is 9.67 Å². The lowest BCUT2D eigenvalue weighted by atomic mass is 10.1. The molecule has 1 aliphatic rings. The highest BCUT2D eigenvalue weighted by atomic mass is 32.2. The summed E-state index contributed by atoms with van der Waals surface area (Å²) >= 11 is 1.62. The molecule has 1 N–H and O–H groups in total. The molecule has 1 fully saturated rings. The summed E-state index contributed by atoms with van der Waals surface area (Å²) in [6.07, 6.45) is 7.61. The summed E-state index contributed by atoms with van der Waals surface area (Å²) in [5.74, 6) is 0.792. The maximum absolute atomic E-state index is 12.8. The molecule has 1 amide bonds. The van der Waals surface area contributed by atoms with E-state index in [9.17, 15) is 4.79 Å². The lowest BCUT2D eigenvalue weighted by Gasteiger charge is -2.09. The SMILES string of the molecule is CSc1ccc(NC(=O)c2cnn(-c3ccccc3)c2C2CC2)nc1. The highest BCUT2D eigenvalue weighted by Gasteiger charge is 2.33. The molecule has 1 aromatic carbocycles. The Balaban J connectivity index is 1.63. The summed E-state index contributed by atoms with van der Waals surface area (Å²) in [5, 5.41) is 7.35. The number of carbonyl (C=O) groups is 1. The highest BCUT2D eigenvalue weighted by Crippen LogP contribution is 2.42. The fraction of sp³-hybridized carbons (Fsp3) is 0.211. The van der Waals surface area contributed by atoms with Crippen LogP contribution in [0.2, 0.25) is 0 Å². The molecule has 126 valence electrons. The van der Waals surface area contributed by atoms with E-state index in [1.807, 2.05) is 53.4 Å². The second kappa shape index (κ2) is 6.72. The number of carbonyl (C=O) groups excluding carboxylic acids is 1. The van der Waals surface area contributed by atoms with Gasteiger partial charge in [0.15, 0.2) is 0 Å². The molecule has 25 heavy (non-hydrogen) atoms. The average Bonchev–Trinajstić information content (AvgIpc) is 3.40. The van der Waals surface area contributed by atoms with Crippen LogP contribution in [0.3, 0.4) is 0 Å². The molecule has 0 radical (unpaired) electrons. The van der Waals surface area contributed by atoms with Gasteiger partial charge in [-0.2, -0.15) is 5.10 Å². The van der Waals surface area contributed by atoms with Gasteiger partial charge >= 0.3 is 0 Å². The van der Waals surface area contributed by atoms with Gasteiger partial charge in [0, 0.05) is 17.0 Å². The number of benzene rings is 1. The van der Waals surface area contributed by atoms with Crippen molar-refractivity contribution >= 4 is 23.5 Å². The lowest BCUT2D eigenvalue weighted by molar-refractivity contribution is 0.102. The number of anilines is 1. The van der Waals surface area contributed by atoms with Crippen LogP contribution < -0.4 is 5.32 Å². The standard InChI is InChI=1S/C19H18N4OS/c1-25-15-9-10-17(20-11-15)22-19(24)16-12-21-23(18(16)13-7-8-13)14-5-3-2-4-6-14/h2-6,9-13H,7-8H2,1H3,(H,20,22,24). The van der Waals surface area contributed by atoms with E-state index >= 15 is 0 Å². The van der Waals surface area contributed by atoms with Crippen molar-refractivity contribution in [3.05, 3.63) is 66.1 Å². The number of nitrogens with one attached hydrogen (secondary N) is 1. The number of para-hydroxylation sites is 1. The number of thioether (sulfide) groups is 1. The largest absolute Gasteiger partial charge is 0.306 e. The van der Waals surface area contributed by atoms with Crippen LogP contribution in [0.4, 0.5) is 5.82 Å². The summed E-state index contributed by atoms with van der Waals surface area (Å²) < 4.78 is 1.89. The summed E-state index contributed by atoms with van der Waals surface area (Å²) in [5.41, 5.74) is 2.59. The second-order valence-corrected chi connectivity index (χ2v) is 6.88. The topological polar surface area (TPSA) is 59.8 Å². The van der Waals surface area contributed by atoms with Gasteiger partial charge in [0.2, 0.25) is 0 Å². The monoisotopic (exact) mass is 350 g/mol. The second-order valence-electron chi connectivity index (χ2n) is 6.00. The van der Waals surface area contributed by atoms with Crippen molar-refractivity contribution in [2.45, 2.75) is 23.7 Å². The van der Waals surface area contributed by atoms with Gasteiger partial charge in [0.25, 0.3) is 5.91 Å². The average molecular weight is 350 g/mol. The molecule has 6 heteroatoms. The Morgan fingerprint density at radius 2 is 1.96 bits per heavy atom. The van der Waals surface area contributed by atoms with Crippen molar-refractivity contribution in [1.29, 1.82) is 0 Å². The third-order valence-electron chi connectivity index (χ3n) is 4.23. The van der Waals surface area contributed by atoms with Crippen molar-refractivity contribution in [3.63, 3.8) is 0 Å². The van der Waals surface area contributed by atoms with Crippen LogP contribution in [0.25, 0.3) is 5.69 Å². The molecule has 0 bridgehead atoms. The molecule has 0 unspecified atom stereocenters. The molecule has 2 aromatic heterocycles. The first-order valence-corrected chi connectivity index (χ1v) is 9.43. The normalized spacial score (nSPS) is 13.6. The zero-order valence-electron chi connectivity index (χ0n) is 13.8. The predicted molar refractivity (Wildman–Crippen MR) is 99.5 cm³/mol. The van der Waals surface area contributed by atoms with Crippen molar-refractivity contribution in [1.82, 2.24) is 14.8 Å². The van der Waals surface area contributed by atoms with E-state index < -0.39 is 0 Å². The van der Waals surface area contributed by atoms with Crippen molar-refractivity contribution in [2.75, 3.05) is 11.6 Å². The molecule has 1 aliphatic carbocycles. The van der Waals surface area contributed by atoms with E-state index in [0.29, 0.717) is 17.3 Å². The van der Waals surface area contributed by atoms with Crippen LogP contribution in [0.1, 0.15) is 34.8 Å². The fourth-order valence-electron chi connectivity index (χ4n) is 2.82. The Morgan fingerprint density at radius 1 is 1.16 bits per heavy atom. The molecule has 0 aliphatic heterocycles. The third kappa shape index (κ3) is 3.30. The zero-order valence-corrected chi connectivity index (χ0v) is 14.7. The van der Waals surface area contributed by atoms with Gasteiger partial charge in [-0.3, -0.25) is 4.79 Å². The molecule has 0 saturated heterocycles. The van der Waals surface area contributed by atoms with Gasteiger partial charge in [0.05, 0.1) is 23.1 Å². The maximum atomic E-state index is 12.8. The number of pyridine rings is 1. The van der Waals surface area contributed by atoms with E-state index in [0.717, 1.165) is 29.1 Å². The van der Waals surface area contributed by atoms with E-state index in [1.54, 1.807) is 24.2 Å². The van der Waals surface area contributed by atoms with Gasteiger partial charge < -0.3 is 5.32 Å². The summed E-state index contributed by atoms with van der Waals surface area (Å²) in [4.78, 5) is 18.1. The van der Waals surface area contributed by atoms with Gasteiger partial charge in [-0.15, -0.1) is 11.8 Å². The van der Waals surface area contributed by atoms with Crippen LogP contribution >= 0.6 is 11.8 Å². The smallest absolute Gasteiger partial charge is 0.260 e. The summed E-state index contributed by atoms with van der Waals surface area (Å²) in [6.45, 7) is 0. The first kappa shape index (κ1) is 15.9. The molecule has 1 saturated carbocycles. The highest BCUT2D eigenvalue weighted by molar-refractivity contribution is 7.98. The Kier molecular flexibility index (Phi) is 4.28. The van der Waals surface area contributed by atoms with E-state index in [-0.39, 0.29) is 5.91 Å². The van der Waals surface area contributed by atoms with Crippen LogP contribution in [0.5, 0.6) is 0 Å². The Morgan fingerprint density at radius 3 is 2.60 bits per heavy atom. The van der Waals surface area contributed by atoms with Crippen LogP contribution in [0, 0.1) is 0 Å². The first-order valence-electron chi connectivity index (χ1n) is 8.21. The molecular formula is C19H18N4OS. The zero-order chi connectivity index (χ0) is 17.2. The third-order valence-corrected chi connectivity index (χ3v) is 4.94.